The quantitative estimate of drug-likeness (QED) is 0.528. The van der Waals surface area contributed by atoms with Gasteiger partial charge in [0.25, 0.3) is 11.1 Å². The van der Waals surface area contributed by atoms with Gasteiger partial charge in [-0.1, -0.05) is 59.7 Å². The van der Waals surface area contributed by atoms with E-state index in [4.69, 9.17) is 16.3 Å². The monoisotopic (exact) mass is 429 g/mol. The summed E-state index contributed by atoms with van der Waals surface area (Å²) in [5.41, 5.74) is 3.49. The molecule has 0 aliphatic rings. The summed E-state index contributed by atoms with van der Waals surface area (Å²) in [6, 6.07) is 12.7. The third-order valence-electron chi connectivity index (χ3n) is 4.31. The molecule has 0 unspecified atom stereocenters. The number of hydrogen-bond donors (Lipinski definition) is 1. The van der Waals surface area contributed by atoms with E-state index >= 15 is 0 Å². The highest BCUT2D eigenvalue weighted by molar-refractivity contribution is 6.67. The average Bonchev–Trinajstić information content (AvgIpc) is 2.58. The summed E-state index contributed by atoms with van der Waals surface area (Å²) >= 11 is 5.50. The highest BCUT2D eigenvalue weighted by Gasteiger charge is 2.18. The molecule has 0 spiro atoms. The molecule has 0 aliphatic heterocycles. The van der Waals surface area contributed by atoms with Crippen molar-refractivity contribution in [1.29, 1.82) is 0 Å². The largest absolute Gasteiger partial charge is 0.483 e. The molecule has 0 aromatic heterocycles. The minimum atomic E-state index is -0.565. The molecule has 5 heteroatoms. The second-order valence-corrected chi connectivity index (χ2v) is 10.5. The van der Waals surface area contributed by atoms with Crippen LogP contribution in [-0.2, 0) is 17.6 Å². The lowest BCUT2D eigenvalue weighted by Crippen LogP contribution is -2.21. The fourth-order valence-electron chi connectivity index (χ4n) is 3.27. The van der Waals surface area contributed by atoms with Crippen molar-refractivity contribution in [2.24, 2.45) is 10.8 Å². The van der Waals surface area contributed by atoms with Crippen molar-refractivity contribution < 1.29 is 14.3 Å². The Morgan fingerprint density at radius 3 is 2.20 bits per heavy atom. The zero-order valence-electron chi connectivity index (χ0n) is 18.8. The first-order valence-electron chi connectivity index (χ1n) is 10.2. The van der Waals surface area contributed by atoms with Crippen molar-refractivity contribution in [1.82, 2.24) is 0 Å². The Labute approximate surface area is 185 Å². The molecule has 0 aliphatic carbocycles. The van der Waals surface area contributed by atoms with Crippen LogP contribution < -0.4 is 10.1 Å². The van der Waals surface area contributed by atoms with Crippen molar-refractivity contribution in [2.45, 2.75) is 54.4 Å². The average molecular weight is 430 g/mol. The van der Waals surface area contributed by atoms with E-state index in [-0.39, 0.29) is 23.3 Å². The van der Waals surface area contributed by atoms with Gasteiger partial charge in [0, 0.05) is 11.3 Å². The van der Waals surface area contributed by atoms with Gasteiger partial charge < -0.3 is 10.1 Å². The van der Waals surface area contributed by atoms with Gasteiger partial charge in [0.1, 0.15) is 5.75 Å². The Kier molecular flexibility index (Phi) is 7.70. The van der Waals surface area contributed by atoms with E-state index in [9.17, 15) is 9.59 Å². The molecule has 0 fully saturated rings. The topological polar surface area (TPSA) is 55.4 Å². The van der Waals surface area contributed by atoms with Gasteiger partial charge >= 0.3 is 0 Å². The molecule has 4 nitrogen and oxygen atoms in total. The lowest BCUT2D eigenvalue weighted by Gasteiger charge is -2.23. The SMILES string of the molecule is CC(C)(C)Cc1ccc(OCC(=O)Nc2cccc(C(=O)Cl)c2)c(CC(C)(C)C)c1. The predicted molar refractivity (Wildman–Crippen MR) is 124 cm³/mol. The number of anilines is 1. The normalized spacial score (nSPS) is 11.8. The van der Waals surface area contributed by atoms with Gasteiger partial charge in [0.05, 0.1) is 0 Å². The van der Waals surface area contributed by atoms with Crippen molar-refractivity contribution in [2.75, 3.05) is 11.9 Å². The Balaban J connectivity index is 2.11. The molecule has 1 N–H and O–H groups in total. The number of hydrogen-bond acceptors (Lipinski definition) is 3. The number of benzene rings is 2. The third kappa shape index (κ3) is 8.19. The lowest BCUT2D eigenvalue weighted by molar-refractivity contribution is -0.118. The van der Waals surface area contributed by atoms with Crippen molar-refractivity contribution in [3.05, 3.63) is 59.2 Å². The van der Waals surface area contributed by atoms with Gasteiger partial charge in [0.15, 0.2) is 6.61 Å². The molecule has 0 heterocycles. The fourth-order valence-corrected chi connectivity index (χ4v) is 3.38. The molecule has 0 bridgehead atoms. The minimum Gasteiger partial charge on any atom is -0.483 e. The van der Waals surface area contributed by atoms with Crippen LogP contribution in [0.25, 0.3) is 0 Å². The molecule has 0 saturated carbocycles. The van der Waals surface area contributed by atoms with Crippen LogP contribution in [0.2, 0.25) is 0 Å². The summed E-state index contributed by atoms with van der Waals surface area (Å²) in [7, 11) is 0. The maximum Gasteiger partial charge on any atom is 0.262 e. The van der Waals surface area contributed by atoms with Crippen LogP contribution in [0.5, 0.6) is 5.75 Å². The zero-order chi connectivity index (χ0) is 22.5. The van der Waals surface area contributed by atoms with E-state index in [1.165, 1.54) is 5.56 Å². The molecule has 0 radical (unpaired) electrons. The first-order chi connectivity index (χ1) is 13.8. The van der Waals surface area contributed by atoms with Crippen molar-refractivity contribution in [3.8, 4) is 5.75 Å². The van der Waals surface area contributed by atoms with Gasteiger partial charge in [-0.3, -0.25) is 9.59 Å². The highest BCUT2D eigenvalue weighted by Crippen LogP contribution is 2.30. The van der Waals surface area contributed by atoms with Crippen molar-refractivity contribution in [3.63, 3.8) is 0 Å². The van der Waals surface area contributed by atoms with Gasteiger partial charge in [-0.2, -0.15) is 0 Å². The summed E-state index contributed by atoms with van der Waals surface area (Å²) in [4.78, 5) is 23.7. The number of halogens is 1. The number of ether oxygens (including phenoxy) is 1. The van der Waals surface area contributed by atoms with Gasteiger partial charge in [-0.25, -0.2) is 0 Å². The number of nitrogens with one attached hydrogen (secondary N) is 1. The van der Waals surface area contributed by atoms with Crippen LogP contribution >= 0.6 is 11.6 Å². The maximum atomic E-state index is 12.4. The number of carbonyl (C=O) groups excluding carboxylic acids is 2. The summed E-state index contributed by atoms with van der Waals surface area (Å²) in [5.74, 6) is 0.428. The van der Waals surface area contributed by atoms with Gasteiger partial charge in [-0.15, -0.1) is 0 Å². The molecule has 1 amide bonds. The second kappa shape index (κ2) is 9.65. The molecule has 162 valence electrons. The van der Waals surface area contributed by atoms with Gasteiger partial charge in [0.2, 0.25) is 0 Å². The number of rotatable bonds is 7. The molecule has 30 heavy (non-hydrogen) atoms. The standard InChI is InChI=1S/C25H32ClNO3/c1-24(2,3)14-17-10-11-21(19(12-17)15-25(4,5)6)30-16-22(28)27-20-9-7-8-18(13-20)23(26)29/h7-13H,14-16H2,1-6H3,(H,27,28). The van der Waals surface area contributed by atoms with Crippen LogP contribution in [-0.4, -0.2) is 17.8 Å². The molecule has 2 aromatic rings. The van der Waals surface area contributed by atoms with Crippen LogP contribution in [0.3, 0.4) is 0 Å². The smallest absolute Gasteiger partial charge is 0.262 e. The first kappa shape index (κ1) is 23.9. The second-order valence-electron chi connectivity index (χ2n) is 10.1. The Morgan fingerprint density at radius 2 is 1.60 bits per heavy atom. The van der Waals surface area contributed by atoms with Crippen LogP contribution in [0.15, 0.2) is 42.5 Å². The van der Waals surface area contributed by atoms with E-state index in [1.54, 1.807) is 24.3 Å². The van der Waals surface area contributed by atoms with Crippen LogP contribution in [0, 0.1) is 10.8 Å². The minimum absolute atomic E-state index is 0.0925. The van der Waals surface area contributed by atoms with E-state index in [0.717, 1.165) is 24.2 Å². The van der Waals surface area contributed by atoms with E-state index in [1.807, 2.05) is 6.07 Å². The maximum absolute atomic E-state index is 12.4. The molecule has 2 aromatic carbocycles. The Bertz CT molecular complexity index is 907. The molecule has 0 atom stereocenters. The summed E-state index contributed by atoms with van der Waals surface area (Å²) in [6.45, 7) is 13.1. The summed E-state index contributed by atoms with van der Waals surface area (Å²) < 4.78 is 5.87. The number of carbonyl (C=O) groups is 2. The predicted octanol–water partition coefficient (Wildman–Crippen LogP) is 6.26. The molecular weight excluding hydrogens is 398 g/mol. The van der Waals surface area contributed by atoms with Crippen LogP contribution in [0.4, 0.5) is 5.69 Å². The Morgan fingerprint density at radius 1 is 0.933 bits per heavy atom. The first-order valence-corrected chi connectivity index (χ1v) is 10.5. The number of amides is 1. The summed E-state index contributed by atoms with van der Waals surface area (Å²) in [6.07, 6.45) is 1.82. The van der Waals surface area contributed by atoms with Gasteiger partial charge in [-0.05, 0) is 70.7 Å². The van der Waals surface area contributed by atoms with E-state index < -0.39 is 5.24 Å². The molecule has 2 rings (SSSR count). The molecular formula is C25H32ClNO3. The van der Waals surface area contributed by atoms with E-state index in [2.05, 4.69) is 59.0 Å². The fraction of sp³-hybridized carbons (Fsp3) is 0.440. The van der Waals surface area contributed by atoms with Crippen molar-refractivity contribution >= 4 is 28.4 Å². The van der Waals surface area contributed by atoms with Crippen LogP contribution in [0.1, 0.15) is 63.0 Å². The Hall–Kier alpha value is -2.33. The molecule has 0 saturated heterocycles. The summed E-state index contributed by atoms with van der Waals surface area (Å²) in [5, 5.41) is 2.18. The van der Waals surface area contributed by atoms with E-state index in [0.29, 0.717) is 11.3 Å². The third-order valence-corrected chi connectivity index (χ3v) is 4.53. The highest BCUT2D eigenvalue weighted by atomic mass is 35.5. The zero-order valence-corrected chi connectivity index (χ0v) is 19.5. The lowest BCUT2D eigenvalue weighted by atomic mass is 9.84.